The first-order valence-corrected chi connectivity index (χ1v) is 10.9. The largest absolute Gasteiger partial charge is 0.497 e. The van der Waals surface area contributed by atoms with Gasteiger partial charge in [-0.05, 0) is 49.6 Å². The minimum atomic E-state index is -3.66. The normalized spacial score (nSPS) is 12.3. The summed E-state index contributed by atoms with van der Waals surface area (Å²) in [5.74, 6) is 0.195. The lowest BCUT2D eigenvalue weighted by molar-refractivity contribution is -0.116. The molecule has 1 N–H and O–H groups in total. The topological polar surface area (TPSA) is 75.7 Å². The van der Waals surface area contributed by atoms with Crippen LogP contribution < -0.4 is 14.4 Å². The van der Waals surface area contributed by atoms with Crippen LogP contribution >= 0.6 is 11.8 Å². The van der Waals surface area contributed by atoms with E-state index in [4.69, 9.17) is 4.74 Å². The Morgan fingerprint density at radius 1 is 1.15 bits per heavy atom. The van der Waals surface area contributed by atoms with E-state index in [1.165, 1.54) is 18.9 Å². The third kappa shape index (κ3) is 4.70. The van der Waals surface area contributed by atoms with Crippen LogP contribution in [0.25, 0.3) is 0 Å². The molecule has 0 heterocycles. The number of amides is 1. The highest BCUT2D eigenvalue weighted by molar-refractivity contribution is 7.98. The van der Waals surface area contributed by atoms with E-state index >= 15 is 0 Å². The highest BCUT2D eigenvalue weighted by Gasteiger charge is 2.29. The Bertz CT molecular complexity index is 867. The lowest BCUT2D eigenvalue weighted by Crippen LogP contribution is -2.45. The van der Waals surface area contributed by atoms with E-state index in [-0.39, 0.29) is 0 Å². The Morgan fingerprint density at radius 2 is 1.77 bits per heavy atom. The number of benzene rings is 2. The number of hydrogen-bond donors (Lipinski definition) is 1. The van der Waals surface area contributed by atoms with E-state index in [1.54, 1.807) is 37.3 Å². The molecule has 0 aliphatic carbocycles. The number of nitrogens with one attached hydrogen (secondary N) is 1. The number of sulfonamides is 1. The number of para-hydroxylation sites is 1. The summed E-state index contributed by atoms with van der Waals surface area (Å²) in [5.41, 5.74) is 1.05. The summed E-state index contributed by atoms with van der Waals surface area (Å²) in [6, 6.07) is 13.0. The summed E-state index contributed by atoms with van der Waals surface area (Å²) in [6.45, 7) is 1.56. The minimum Gasteiger partial charge on any atom is -0.497 e. The zero-order valence-corrected chi connectivity index (χ0v) is 16.7. The van der Waals surface area contributed by atoms with E-state index in [0.717, 1.165) is 15.5 Å². The van der Waals surface area contributed by atoms with Gasteiger partial charge in [-0.15, -0.1) is 11.8 Å². The number of carbonyl (C=O) groups is 1. The fourth-order valence-corrected chi connectivity index (χ4v) is 4.25. The van der Waals surface area contributed by atoms with E-state index < -0.39 is 22.0 Å². The molecular formula is C18H22N2O4S2. The molecule has 6 nitrogen and oxygen atoms in total. The molecule has 2 rings (SSSR count). The van der Waals surface area contributed by atoms with Gasteiger partial charge in [-0.25, -0.2) is 8.42 Å². The lowest BCUT2D eigenvalue weighted by atomic mass is 10.2. The zero-order valence-electron chi connectivity index (χ0n) is 15.1. The predicted octanol–water partition coefficient (Wildman–Crippen LogP) is 3.21. The van der Waals surface area contributed by atoms with E-state index in [2.05, 4.69) is 5.32 Å². The third-order valence-corrected chi connectivity index (χ3v) is 5.82. The molecule has 2 aromatic rings. The zero-order chi connectivity index (χ0) is 19.3. The molecule has 0 radical (unpaired) electrons. The average molecular weight is 395 g/mol. The molecule has 0 aromatic heterocycles. The molecule has 26 heavy (non-hydrogen) atoms. The molecule has 8 heteroatoms. The van der Waals surface area contributed by atoms with Crippen molar-refractivity contribution in [2.45, 2.75) is 17.9 Å². The van der Waals surface area contributed by atoms with Crippen LogP contribution in [0.4, 0.5) is 11.4 Å². The van der Waals surface area contributed by atoms with Gasteiger partial charge in [0.25, 0.3) is 0 Å². The van der Waals surface area contributed by atoms with Gasteiger partial charge in [0.2, 0.25) is 15.9 Å². The van der Waals surface area contributed by atoms with Gasteiger partial charge in [-0.1, -0.05) is 12.1 Å². The van der Waals surface area contributed by atoms with Gasteiger partial charge in [0.1, 0.15) is 11.8 Å². The van der Waals surface area contributed by atoms with Crippen LogP contribution in [0.15, 0.2) is 53.4 Å². The quantitative estimate of drug-likeness (QED) is 0.730. The first kappa shape index (κ1) is 20.1. The van der Waals surface area contributed by atoms with E-state index in [9.17, 15) is 13.2 Å². The average Bonchev–Trinajstić information content (AvgIpc) is 2.61. The van der Waals surface area contributed by atoms with Crippen LogP contribution in [-0.2, 0) is 14.8 Å². The first-order valence-electron chi connectivity index (χ1n) is 7.85. The maximum absolute atomic E-state index is 12.7. The summed E-state index contributed by atoms with van der Waals surface area (Å²) in [4.78, 5) is 13.6. The van der Waals surface area contributed by atoms with Crippen LogP contribution in [-0.4, -0.2) is 40.0 Å². The number of carbonyl (C=O) groups excluding carboxylic acids is 1. The summed E-state index contributed by atoms with van der Waals surface area (Å²) in [5, 5.41) is 2.82. The van der Waals surface area contributed by atoms with Crippen molar-refractivity contribution >= 4 is 39.1 Å². The van der Waals surface area contributed by atoms with Crippen LogP contribution in [0.2, 0.25) is 0 Å². The highest BCUT2D eigenvalue weighted by atomic mass is 32.2. The lowest BCUT2D eigenvalue weighted by Gasteiger charge is -2.28. The number of rotatable bonds is 7. The second kappa shape index (κ2) is 8.46. The number of methoxy groups -OCH3 is 1. The second-order valence-electron chi connectivity index (χ2n) is 5.62. The van der Waals surface area contributed by atoms with Crippen molar-refractivity contribution in [2.75, 3.05) is 29.2 Å². The van der Waals surface area contributed by atoms with E-state index in [0.29, 0.717) is 17.1 Å². The Morgan fingerprint density at radius 3 is 2.31 bits per heavy atom. The summed E-state index contributed by atoms with van der Waals surface area (Å²) < 4.78 is 30.8. The van der Waals surface area contributed by atoms with Gasteiger partial charge in [0.15, 0.2) is 0 Å². The van der Waals surface area contributed by atoms with Gasteiger partial charge in [0.05, 0.1) is 24.7 Å². The van der Waals surface area contributed by atoms with Crippen molar-refractivity contribution in [3.05, 3.63) is 48.5 Å². The standard InChI is InChI=1S/C18H22N2O4S2/c1-13(18(21)19-16-7-5-6-8-17(16)25-3)20(26(4,22)23)14-9-11-15(24-2)12-10-14/h5-13H,1-4H3,(H,19,21)/t13-/m1/s1. The summed E-state index contributed by atoms with van der Waals surface area (Å²) in [7, 11) is -2.13. The van der Waals surface area contributed by atoms with Crippen molar-refractivity contribution < 1.29 is 17.9 Å². The van der Waals surface area contributed by atoms with E-state index in [1.807, 2.05) is 24.5 Å². The maximum atomic E-state index is 12.7. The molecule has 0 fully saturated rings. The van der Waals surface area contributed by atoms with Gasteiger partial charge >= 0.3 is 0 Å². The smallest absolute Gasteiger partial charge is 0.248 e. The number of hydrogen-bond acceptors (Lipinski definition) is 5. The van der Waals surface area contributed by atoms with Crippen molar-refractivity contribution in [2.24, 2.45) is 0 Å². The molecular weight excluding hydrogens is 372 g/mol. The molecule has 0 bridgehead atoms. The van der Waals surface area contributed by atoms with Crippen LogP contribution in [0, 0.1) is 0 Å². The number of ether oxygens (including phenoxy) is 1. The number of anilines is 2. The van der Waals surface area contributed by atoms with Gasteiger partial charge in [0, 0.05) is 4.90 Å². The maximum Gasteiger partial charge on any atom is 0.248 e. The number of nitrogens with zero attached hydrogens (tertiary/aromatic N) is 1. The molecule has 0 aliphatic rings. The monoisotopic (exact) mass is 394 g/mol. The molecule has 2 aromatic carbocycles. The molecule has 140 valence electrons. The molecule has 0 spiro atoms. The molecule has 1 amide bonds. The Labute approximate surface area is 158 Å². The number of thioether (sulfide) groups is 1. The summed E-state index contributed by atoms with van der Waals surface area (Å²) >= 11 is 1.50. The van der Waals surface area contributed by atoms with Crippen molar-refractivity contribution in [1.29, 1.82) is 0 Å². The predicted molar refractivity (Wildman–Crippen MR) is 107 cm³/mol. The molecule has 0 saturated heterocycles. The fraction of sp³-hybridized carbons (Fsp3) is 0.278. The van der Waals surface area contributed by atoms with Crippen molar-refractivity contribution in [3.8, 4) is 5.75 Å². The van der Waals surface area contributed by atoms with Gasteiger partial charge in [-0.2, -0.15) is 0 Å². The molecule has 0 aliphatic heterocycles. The Hall–Kier alpha value is -2.19. The van der Waals surface area contributed by atoms with Crippen LogP contribution in [0.3, 0.4) is 0 Å². The van der Waals surface area contributed by atoms with Crippen molar-refractivity contribution in [1.82, 2.24) is 0 Å². The molecule has 0 saturated carbocycles. The van der Waals surface area contributed by atoms with Gasteiger partial charge in [-0.3, -0.25) is 9.10 Å². The Kier molecular flexibility index (Phi) is 6.55. The third-order valence-electron chi connectivity index (χ3n) is 3.78. The summed E-state index contributed by atoms with van der Waals surface area (Å²) in [6.07, 6.45) is 2.99. The highest BCUT2D eigenvalue weighted by Crippen LogP contribution is 2.27. The van der Waals surface area contributed by atoms with Crippen LogP contribution in [0.5, 0.6) is 5.75 Å². The van der Waals surface area contributed by atoms with Crippen LogP contribution in [0.1, 0.15) is 6.92 Å². The fourth-order valence-electron chi connectivity index (χ4n) is 2.52. The minimum absolute atomic E-state index is 0.397. The van der Waals surface area contributed by atoms with Crippen molar-refractivity contribution in [3.63, 3.8) is 0 Å². The van der Waals surface area contributed by atoms with Gasteiger partial charge < -0.3 is 10.1 Å². The molecule has 1 atom stereocenters. The second-order valence-corrected chi connectivity index (χ2v) is 8.33. The first-order chi connectivity index (χ1) is 12.3. The SMILES string of the molecule is COc1ccc(N([C@H](C)C(=O)Nc2ccccc2SC)S(C)(=O)=O)cc1. The molecule has 0 unspecified atom stereocenters. The Balaban J connectivity index is 2.31.